The first-order valence-corrected chi connectivity index (χ1v) is 6.87. The molecular formula is C16H16N2O. The first-order valence-electron chi connectivity index (χ1n) is 6.87. The lowest BCUT2D eigenvalue weighted by molar-refractivity contribution is 0.197. The van der Waals surface area contributed by atoms with E-state index in [1.807, 2.05) is 6.20 Å². The highest BCUT2D eigenvalue weighted by Gasteiger charge is 2.40. The number of para-hydroxylation sites is 1. The number of benzene rings is 1. The van der Waals surface area contributed by atoms with Gasteiger partial charge in [-0.25, -0.2) is 9.97 Å². The van der Waals surface area contributed by atoms with E-state index in [4.69, 9.17) is 4.74 Å². The molecule has 2 aliphatic rings. The van der Waals surface area contributed by atoms with Crippen molar-refractivity contribution in [3.05, 3.63) is 53.6 Å². The zero-order chi connectivity index (χ0) is 12.7. The van der Waals surface area contributed by atoms with Crippen LogP contribution in [0.5, 0.6) is 5.75 Å². The molecule has 1 aromatic heterocycles. The minimum atomic E-state index is 0.218. The fourth-order valence-electron chi connectivity index (χ4n) is 3.50. The number of aromatic nitrogens is 2. The summed E-state index contributed by atoms with van der Waals surface area (Å²) < 4.78 is 5.81. The van der Waals surface area contributed by atoms with Gasteiger partial charge in [0.25, 0.3) is 0 Å². The molecule has 0 saturated carbocycles. The van der Waals surface area contributed by atoms with Crippen molar-refractivity contribution in [3.8, 4) is 5.75 Å². The quantitative estimate of drug-likeness (QED) is 0.723. The fourth-order valence-corrected chi connectivity index (χ4v) is 3.50. The van der Waals surface area contributed by atoms with Crippen molar-refractivity contribution in [1.82, 2.24) is 9.97 Å². The first kappa shape index (κ1) is 11.0. The molecule has 3 heteroatoms. The largest absolute Gasteiger partial charge is 0.493 e. The zero-order valence-electron chi connectivity index (χ0n) is 10.8. The van der Waals surface area contributed by atoms with Crippen molar-refractivity contribution in [1.29, 1.82) is 0 Å². The third kappa shape index (κ3) is 1.65. The van der Waals surface area contributed by atoms with Gasteiger partial charge in [0.15, 0.2) is 0 Å². The summed E-state index contributed by atoms with van der Waals surface area (Å²) in [4.78, 5) is 8.63. The summed E-state index contributed by atoms with van der Waals surface area (Å²) in [6.07, 6.45) is 8.00. The summed E-state index contributed by atoms with van der Waals surface area (Å²) in [7, 11) is 0. The number of aryl methyl sites for hydroxylation is 1. The van der Waals surface area contributed by atoms with Gasteiger partial charge in [0.2, 0.25) is 0 Å². The van der Waals surface area contributed by atoms with Gasteiger partial charge < -0.3 is 4.74 Å². The van der Waals surface area contributed by atoms with Crippen molar-refractivity contribution in [2.75, 3.05) is 6.61 Å². The predicted octanol–water partition coefficient (Wildman–Crippen LogP) is 2.69. The Hall–Kier alpha value is -1.90. The molecular weight excluding hydrogens is 236 g/mol. The Kier molecular flexibility index (Phi) is 2.34. The predicted molar refractivity (Wildman–Crippen MR) is 72.3 cm³/mol. The van der Waals surface area contributed by atoms with E-state index in [0.717, 1.165) is 31.6 Å². The lowest BCUT2D eigenvalue weighted by Crippen LogP contribution is -2.38. The highest BCUT2D eigenvalue weighted by molar-refractivity contribution is 5.44. The normalized spacial score (nSPS) is 24.4. The summed E-state index contributed by atoms with van der Waals surface area (Å²) in [6, 6.07) is 8.48. The van der Waals surface area contributed by atoms with Crippen LogP contribution in [0.4, 0.5) is 0 Å². The van der Waals surface area contributed by atoms with Crippen LogP contribution < -0.4 is 4.74 Å². The van der Waals surface area contributed by atoms with Crippen molar-refractivity contribution < 1.29 is 4.74 Å². The molecule has 0 bridgehead atoms. The summed E-state index contributed by atoms with van der Waals surface area (Å²) in [5, 5.41) is 0. The Bertz CT molecular complexity index is 626. The molecule has 96 valence electrons. The van der Waals surface area contributed by atoms with Gasteiger partial charge in [0.1, 0.15) is 12.1 Å². The maximum Gasteiger partial charge on any atom is 0.123 e. The highest BCUT2D eigenvalue weighted by Crippen LogP contribution is 2.46. The molecule has 1 aliphatic carbocycles. The van der Waals surface area contributed by atoms with Crippen molar-refractivity contribution in [3.63, 3.8) is 0 Å². The molecule has 1 spiro atoms. The second-order valence-corrected chi connectivity index (χ2v) is 5.55. The van der Waals surface area contributed by atoms with Gasteiger partial charge in [-0.15, -0.1) is 0 Å². The molecule has 2 aromatic rings. The van der Waals surface area contributed by atoms with E-state index in [-0.39, 0.29) is 5.41 Å². The summed E-state index contributed by atoms with van der Waals surface area (Å²) in [5.74, 6) is 1.06. The molecule has 0 fully saturated rings. The smallest absolute Gasteiger partial charge is 0.123 e. The number of ether oxygens (including phenoxy) is 1. The molecule has 0 amide bonds. The van der Waals surface area contributed by atoms with E-state index >= 15 is 0 Å². The molecule has 3 nitrogen and oxygen atoms in total. The van der Waals surface area contributed by atoms with Gasteiger partial charge >= 0.3 is 0 Å². The van der Waals surface area contributed by atoms with E-state index < -0.39 is 0 Å². The molecule has 0 saturated heterocycles. The SMILES string of the molecule is c1ccc2c(c1)OCCC21CCc2cncnc2C1. The summed E-state index contributed by atoms with van der Waals surface area (Å²) in [5.41, 5.74) is 4.12. The first-order chi connectivity index (χ1) is 9.37. The number of hydrogen-bond donors (Lipinski definition) is 0. The molecule has 1 atom stereocenters. The third-order valence-corrected chi connectivity index (χ3v) is 4.56. The Morgan fingerprint density at radius 3 is 3.11 bits per heavy atom. The van der Waals surface area contributed by atoms with Crippen LogP contribution in [0.3, 0.4) is 0 Å². The van der Waals surface area contributed by atoms with Crippen LogP contribution in [0.1, 0.15) is 29.7 Å². The van der Waals surface area contributed by atoms with Crippen molar-refractivity contribution >= 4 is 0 Å². The lowest BCUT2D eigenvalue weighted by atomic mass is 9.66. The number of hydrogen-bond acceptors (Lipinski definition) is 3. The van der Waals surface area contributed by atoms with Gasteiger partial charge in [-0.1, -0.05) is 18.2 Å². The second kappa shape index (κ2) is 4.05. The van der Waals surface area contributed by atoms with E-state index in [2.05, 4.69) is 34.2 Å². The third-order valence-electron chi connectivity index (χ3n) is 4.56. The number of rotatable bonds is 0. The standard InChI is InChI=1S/C16H16N2O/c1-2-4-15-13(3-1)16(7-8-19-15)6-5-12-10-17-11-18-14(12)9-16/h1-4,10-11H,5-9H2. The number of fused-ring (bicyclic) bond motifs is 3. The van der Waals surface area contributed by atoms with Gasteiger partial charge in [0.05, 0.1) is 6.61 Å². The average Bonchev–Trinajstić information content (AvgIpc) is 2.48. The van der Waals surface area contributed by atoms with Crippen LogP contribution in [0, 0.1) is 0 Å². The van der Waals surface area contributed by atoms with Crippen molar-refractivity contribution in [2.24, 2.45) is 0 Å². The Morgan fingerprint density at radius 1 is 1.16 bits per heavy atom. The minimum absolute atomic E-state index is 0.218. The van der Waals surface area contributed by atoms with Crippen LogP contribution >= 0.6 is 0 Å². The Balaban J connectivity index is 1.81. The molecule has 19 heavy (non-hydrogen) atoms. The molecule has 0 radical (unpaired) electrons. The maximum absolute atomic E-state index is 5.81. The molecule has 1 unspecified atom stereocenters. The van der Waals surface area contributed by atoms with Gasteiger partial charge in [-0.05, 0) is 30.9 Å². The molecule has 1 aromatic carbocycles. The van der Waals surface area contributed by atoms with Crippen LogP contribution in [-0.2, 0) is 18.3 Å². The summed E-state index contributed by atoms with van der Waals surface area (Å²) in [6.45, 7) is 0.817. The van der Waals surface area contributed by atoms with Gasteiger partial charge in [-0.2, -0.15) is 0 Å². The molecule has 0 N–H and O–H groups in total. The number of nitrogens with zero attached hydrogens (tertiary/aromatic N) is 2. The topological polar surface area (TPSA) is 35.0 Å². The summed E-state index contributed by atoms with van der Waals surface area (Å²) >= 11 is 0. The van der Waals surface area contributed by atoms with Crippen molar-refractivity contribution in [2.45, 2.75) is 31.1 Å². The Labute approximate surface area is 112 Å². The monoisotopic (exact) mass is 252 g/mol. The van der Waals surface area contributed by atoms with Gasteiger partial charge in [0, 0.05) is 29.3 Å². The highest BCUT2D eigenvalue weighted by atomic mass is 16.5. The van der Waals surface area contributed by atoms with E-state index in [9.17, 15) is 0 Å². The van der Waals surface area contributed by atoms with Crippen LogP contribution in [0.2, 0.25) is 0 Å². The van der Waals surface area contributed by atoms with E-state index in [0.29, 0.717) is 0 Å². The van der Waals surface area contributed by atoms with Crippen LogP contribution in [0.25, 0.3) is 0 Å². The average molecular weight is 252 g/mol. The minimum Gasteiger partial charge on any atom is -0.493 e. The van der Waals surface area contributed by atoms with E-state index in [1.54, 1.807) is 6.33 Å². The maximum atomic E-state index is 5.81. The van der Waals surface area contributed by atoms with E-state index in [1.165, 1.54) is 23.2 Å². The molecule has 4 rings (SSSR count). The lowest BCUT2D eigenvalue weighted by Gasteiger charge is -2.41. The van der Waals surface area contributed by atoms with Gasteiger partial charge in [-0.3, -0.25) is 0 Å². The fraction of sp³-hybridized carbons (Fsp3) is 0.375. The second-order valence-electron chi connectivity index (χ2n) is 5.55. The zero-order valence-corrected chi connectivity index (χ0v) is 10.8. The van der Waals surface area contributed by atoms with Crippen LogP contribution in [-0.4, -0.2) is 16.6 Å². The molecule has 1 aliphatic heterocycles. The molecule has 2 heterocycles. The van der Waals surface area contributed by atoms with Crippen LogP contribution in [0.15, 0.2) is 36.8 Å². The Morgan fingerprint density at radius 2 is 2.11 bits per heavy atom.